The molecule has 4 rings (SSSR count). The molecule has 1 aromatic carbocycles. The number of aliphatic hydroxyl groups excluding tert-OH is 1. The quantitative estimate of drug-likeness (QED) is 0.931. The van der Waals surface area contributed by atoms with Crippen LogP contribution in [0.2, 0.25) is 0 Å². The summed E-state index contributed by atoms with van der Waals surface area (Å²) >= 11 is 0. The summed E-state index contributed by atoms with van der Waals surface area (Å²) in [7, 11) is 0. The molecule has 0 spiro atoms. The van der Waals surface area contributed by atoms with E-state index in [0.29, 0.717) is 0 Å². The number of halogens is 1. The number of nitrogens with zero attached hydrogens (tertiary/aromatic N) is 2. The Balaban J connectivity index is 1.63. The smallest absolute Gasteiger partial charge is 0.256 e. The number of carbonyl (C=O) groups is 1. The molecule has 1 amide bonds. The van der Waals surface area contributed by atoms with E-state index in [1.807, 2.05) is 23.1 Å². The van der Waals surface area contributed by atoms with Gasteiger partial charge in [0, 0.05) is 23.7 Å². The Hall–Kier alpha value is -2.27. The van der Waals surface area contributed by atoms with E-state index in [2.05, 4.69) is 17.1 Å². The van der Waals surface area contributed by atoms with Crippen molar-refractivity contribution in [3.63, 3.8) is 0 Å². The molecule has 130 valence electrons. The predicted molar refractivity (Wildman–Crippen MR) is 91.5 cm³/mol. The zero-order chi connectivity index (χ0) is 17.4. The molecule has 2 fully saturated rings. The Kier molecular flexibility index (Phi) is 4.04. The Bertz CT molecular complexity index is 782. The SMILES string of the molecule is O=C(c1cncc(F)c1)N1[C@H]2CC[C@@H]1[C@@](CO)(Cc1ccccc1)C2. The van der Waals surface area contributed by atoms with Gasteiger partial charge < -0.3 is 10.0 Å². The van der Waals surface area contributed by atoms with Gasteiger partial charge >= 0.3 is 0 Å². The fourth-order valence-electron chi connectivity index (χ4n) is 4.69. The summed E-state index contributed by atoms with van der Waals surface area (Å²) in [5, 5.41) is 10.2. The molecule has 3 heterocycles. The largest absolute Gasteiger partial charge is 0.396 e. The van der Waals surface area contributed by atoms with Crippen molar-refractivity contribution in [1.29, 1.82) is 0 Å². The second kappa shape index (κ2) is 6.23. The lowest BCUT2D eigenvalue weighted by Gasteiger charge is -2.36. The van der Waals surface area contributed by atoms with Gasteiger partial charge in [0.15, 0.2) is 0 Å². The number of pyridine rings is 1. The van der Waals surface area contributed by atoms with Crippen LogP contribution in [0.4, 0.5) is 4.39 Å². The lowest BCUT2D eigenvalue weighted by atomic mass is 9.70. The van der Waals surface area contributed by atoms with Crippen molar-refractivity contribution in [1.82, 2.24) is 9.88 Å². The maximum absolute atomic E-state index is 13.5. The van der Waals surface area contributed by atoms with Crippen LogP contribution in [-0.4, -0.2) is 39.6 Å². The third kappa shape index (κ3) is 2.72. The number of aliphatic hydroxyl groups is 1. The van der Waals surface area contributed by atoms with E-state index in [4.69, 9.17) is 0 Å². The third-order valence-electron chi connectivity index (χ3n) is 5.75. The first kappa shape index (κ1) is 16.2. The number of rotatable bonds is 4. The Morgan fingerprint density at radius 1 is 1.28 bits per heavy atom. The molecular formula is C20H21FN2O2. The first-order valence-corrected chi connectivity index (χ1v) is 8.71. The molecule has 0 aliphatic carbocycles. The molecule has 1 N–H and O–H groups in total. The van der Waals surface area contributed by atoms with Gasteiger partial charge in [-0.2, -0.15) is 0 Å². The first-order chi connectivity index (χ1) is 12.1. The van der Waals surface area contributed by atoms with E-state index in [1.165, 1.54) is 17.8 Å². The highest BCUT2D eigenvalue weighted by Crippen LogP contribution is 2.51. The van der Waals surface area contributed by atoms with E-state index in [9.17, 15) is 14.3 Å². The van der Waals surface area contributed by atoms with Crippen LogP contribution in [-0.2, 0) is 6.42 Å². The molecular weight excluding hydrogens is 319 g/mol. The standard InChI is InChI=1S/C20H21FN2O2/c21-16-8-15(11-22-12-16)19(25)23-17-6-7-18(23)20(10-17,13-24)9-14-4-2-1-3-5-14/h1-5,8,11-12,17-18,24H,6-7,9-10,13H2/t17-,18+,20-/m0/s1. The molecule has 0 radical (unpaired) electrons. The van der Waals surface area contributed by atoms with Crippen LogP contribution in [0.15, 0.2) is 48.8 Å². The van der Waals surface area contributed by atoms with Gasteiger partial charge in [0.2, 0.25) is 0 Å². The van der Waals surface area contributed by atoms with E-state index >= 15 is 0 Å². The third-order valence-corrected chi connectivity index (χ3v) is 5.75. The fourth-order valence-corrected chi connectivity index (χ4v) is 4.69. The maximum atomic E-state index is 13.5. The molecule has 1 aromatic heterocycles. The summed E-state index contributed by atoms with van der Waals surface area (Å²) in [6.45, 7) is 0.0498. The van der Waals surface area contributed by atoms with Crippen molar-refractivity contribution in [3.05, 3.63) is 65.7 Å². The molecule has 4 nitrogen and oxygen atoms in total. The minimum absolute atomic E-state index is 0.0153. The van der Waals surface area contributed by atoms with E-state index < -0.39 is 5.82 Å². The van der Waals surface area contributed by atoms with Gasteiger partial charge in [0.05, 0.1) is 18.4 Å². The minimum Gasteiger partial charge on any atom is -0.396 e. The van der Waals surface area contributed by atoms with Crippen LogP contribution in [0.25, 0.3) is 0 Å². The van der Waals surface area contributed by atoms with Crippen molar-refractivity contribution >= 4 is 5.91 Å². The van der Waals surface area contributed by atoms with Crippen molar-refractivity contribution in [3.8, 4) is 0 Å². The summed E-state index contributed by atoms with van der Waals surface area (Å²) < 4.78 is 13.5. The Morgan fingerprint density at radius 2 is 2.08 bits per heavy atom. The van der Waals surface area contributed by atoms with Crippen molar-refractivity contribution < 1.29 is 14.3 Å². The fraction of sp³-hybridized carbons (Fsp3) is 0.400. The van der Waals surface area contributed by atoms with Crippen molar-refractivity contribution in [2.75, 3.05) is 6.61 Å². The summed E-state index contributed by atoms with van der Waals surface area (Å²) in [6, 6.07) is 11.4. The number of hydrogen-bond acceptors (Lipinski definition) is 3. The zero-order valence-corrected chi connectivity index (χ0v) is 13.9. The number of benzene rings is 1. The lowest BCUT2D eigenvalue weighted by molar-refractivity contribution is 0.0570. The van der Waals surface area contributed by atoms with Gasteiger partial charge in [-0.1, -0.05) is 30.3 Å². The van der Waals surface area contributed by atoms with Crippen LogP contribution >= 0.6 is 0 Å². The van der Waals surface area contributed by atoms with E-state index in [-0.39, 0.29) is 35.6 Å². The van der Waals surface area contributed by atoms with Gasteiger partial charge in [-0.05, 0) is 37.3 Å². The average Bonchev–Trinajstić information content (AvgIpc) is 3.18. The number of hydrogen-bond donors (Lipinski definition) is 1. The highest BCUT2D eigenvalue weighted by molar-refractivity contribution is 5.94. The second-order valence-electron chi connectivity index (χ2n) is 7.24. The van der Waals surface area contributed by atoms with Gasteiger partial charge in [0.1, 0.15) is 5.82 Å². The first-order valence-electron chi connectivity index (χ1n) is 8.71. The van der Waals surface area contributed by atoms with Crippen LogP contribution in [0.5, 0.6) is 0 Å². The molecule has 2 bridgehead atoms. The lowest BCUT2D eigenvalue weighted by Crippen LogP contribution is -2.44. The van der Waals surface area contributed by atoms with Gasteiger partial charge in [-0.15, -0.1) is 0 Å². The normalized spacial score (nSPS) is 27.7. The van der Waals surface area contributed by atoms with Gasteiger partial charge in [-0.3, -0.25) is 9.78 Å². The molecule has 2 aliphatic rings. The predicted octanol–water partition coefficient (Wildman–Crippen LogP) is 2.82. The molecule has 3 atom stereocenters. The highest BCUT2D eigenvalue weighted by atomic mass is 19.1. The van der Waals surface area contributed by atoms with Crippen molar-refractivity contribution in [2.24, 2.45) is 5.41 Å². The molecule has 25 heavy (non-hydrogen) atoms. The topological polar surface area (TPSA) is 53.4 Å². The monoisotopic (exact) mass is 340 g/mol. The molecule has 0 unspecified atom stereocenters. The second-order valence-corrected chi connectivity index (χ2v) is 7.24. The zero-order valence-electron chi connectivity index (χ0n) is 13.9. The number of aromatic nitrogens is 1. The average molecular weight is 340 g/mol. The van der Waals surface area contributed by atoms with Crippen LogP contribution < -0.4 is 0 Å². The Morgan fingerprint density at radius 3 is 2.80 bits per heavy atom. The number of fused-ring (bicyclic) bond motifs is 2. The summed E-state index contributed by atoms with van der Waals surface area (Å²) in [4.78, 5) is 18.6. The van der Waals surface area contributed by atoms with Crippen LogP contribution in [0, 0.1) is 11.2 Å². The summed E-state index contributed by atoms with van der Waals surface area (Å²) in [5.41, 5.74) is 1.13. The highest BCUT2D eigenvalue weighted by Gasteiger charge is 2.57. The number of amides is 1. The van der Waals surface area contributed by atoms with E-state index in [1.54, 1.807) is 0 Å². The van der Waals surface area contributed by atoms with Gasteiger partial charge in [-0.25, -0.2) is 4.39 Å². The Labute approximate surface area is 146 Å². The maximum Gasteiger partial charge on any atom is 0.256 e. The summed E-state index contributed by atoms with van der Waals surface area (Å²) in [5.74, 6) is -0.682. The molecule has 2 aromatic rings. The van der Waals surface area contributed by atoms with Crippen LogP contribution in [0.1, 0.15) is 35.2 Å². The number of carbonyl (C=O) groups excluding carboxylic acids is 1. The van der Waals surface area contributed by atoms with Crippen LogP contribution in [0.3, 0.4) is 0 Å². The molecule has 2 aliphatic heterocycles. The molecule has 5 heteroatoms. The summed E-state index contributed by atoms with van der Waals surface area (Å²) in [6.07, 6.45) is 5.88. The molecule has 0 saturated carbocycles. The molecule has 2 saturated heterocycles. The minimum atomic E-state index is -0.505. The van der Waals surface area contributed by atoms with Crippen molar-refractivity contribution in [2.45, 2.75) is 37.8 Å². The van der Waals surface area contributed by atoms with E-state index in [0.717, 1.165) is 31.9 Å². The van der Waals surface area contributed by atoms with Gasteiger partial charge in [0.25, 0.3) is 5.91 Å².